The Bertz CT molecular complexity index is 1370. The van der Waals surface area contributed by atoms with Crippen LogP contribution in [-0.4, -0.2) is 48.8 Å². The maximum Gasteiger partial charge on any atom is 0.275 e. The van der Waals surface area contributed by atoms with Gasteiger partial charge in [-0.1, -0.05) is 12.1 Å². The van der Waals surface area contributed by atoms with Gasteiger partial charge in [0.1, 0.15) is 4.90 Å². The fourth-order valence-electron chi connectivity index (χ4n) is 4.03. The van der Waals surface area contributed by atoms with Gasteiger partial charge in [0, 0.05) is 49.5 Å². The highest BCUT2D eigenvalue weighted by Crippen LogP contribution is 2.32. The molecule has 9 nitrogen and oxygen atoms in total. The molecule has 2 aromatic carbocycles. The van der Waals surface area contributed by atoms with E-state index in [0.717, 1.165) is 10.9 Å². The number of nitriles is 1. The first-order chi connectivity index (χ1) is 15.2. The fraction of sp³-hybridized carbons (Fsp3) is 0.273. The Balaban J connectivity index is 1.62. The van der Waals surface area contributed by atoms with Gasteiger partial charge in [-0.25, -0.2) is 8.42 Å². The predicted molar refractivity (Wildman–Crippen MR) is 120 cm³/mol. The molecule has 2 heterocycles. The van der Waals surface area contributed by atoms with E-state index < -0.39 is 14.9 Å². The number of nitro groups is 1. The van der Waals surface area contributed by atoms with Gasteiger partial charge in [0.25, 0.3) is 5.69 Å². The molecule has 164 valence electrons. The maximum absolute atomic E-state index is 13.4. The molecule has 0 atom stereocenters. The van der Waals surface area contributed by atoms with Gasteiger partial charge in [-0.2, -0.15) is 9.57 Å². The van der Waals surface area contributed by atoms with Crippen LogP contribution in [0.3, 0.4) is 0 Å². The van der Waals surface area contributed by atoms with E-state index in [2.05, 4.69) is 4.98 Å². The smallest absolute Gasteiger partial charge is 0.275 e. The number of pyridine rings is 1. The predicted octanol–water partition coefficient (Wildman–Crippen LogP) is 3.14. The number of fused-ring (bicyclic) bond motifs is 1. The highest BCUT2D eigenvalue weighted by atomic mass is 32.2. The van der Waals surface area contributed by atoms with Crippen molar-refractivity contribution < 1.29 is 13.3 Å². The number of para-hydroxylation sites is 1. The molecule has 0 amide bonds. The summed E-state index contributed by atoms with van der Waals surface area (Å²) in [6.45, 7) is 4.68. The molecule has 0 spiro atoms. The summed E-state index contributed by atoms with van der Waals surface area (Å²) in [6.07, 6.45) is 1.65. The van der Waals surface area contributed by atoms with Gasteiger partial charge in [-0.15, -0.1) is 0 Å². The summed E-state index contributed by atoms with van der Waals surface area (Å²) >= 11 is 0. The van der Waals surface area contributed by atoms with E-state index in [1.165, 1.54) is 10.4 Å². The molecule has 0 bridgehead atoms. The van der Waals surface area contributed by atoms with Gasteiger partial charge in [-0.3, -0.25) is 15.1 Å². The third-order valence-corrected chi connectivity index (χ3v) is 7.62. The first-order valence-corrected chi connectivity index (χ1v) is 11.5. The number of sulfonamides is 1. The van der Waals surface area contributed by atoms with Crippen LogP contribution in [0.1, 0.15) is 16.7 Å². The molecule has 1 saturated heterocycles. The Labute approximate surface area is 185 Å². The number of hydrogen-bond acceptors (Lipinski definition) is 7. The maximum atomic E-state index is 13.4. The standard InChI is InChI=1S/C22H21N5O4S/c1-15-10-18-4-3-5-21(22(18)24-14-15)32(30,31)26-8-6-25(7-9-26)19-11-17(13-23)12-20(16(19)2)27(28)29/h3-5,10-12,14H,6-9H2,1-2H3. The van der Waals surface area contributed by atoms with Crippen LogP contribution in [0.4, 0.5) is 11.4 Å². The van der Waals surface area contributed by atoms with Crippen LogP contribution >= 0.6 is 0 Å². The first-order valence-electron chi connectivity index (χ1n) is 10.0. The third-order valence-electron chi connectivity index (χ3n) is 5.69. The lowest BCUT2D eigenvalue weighted by Gasteiger charge is -2.36. The van der Waals surface area contributed by atoms with Gasteiger partial charge < -0.3 is 4.90 Å². The van der Waals surface area contributed by atoms with Crippen molar-refractivity contribution in [2.45, 2.75) is 18.7 Å². The summed E-state index contributed by atoms with van der Waals surface area (Å²) in [5.74, 6) is 0. The Hall–Kier alpha value is -3.55. The minimum absolute atomic E-state index is 0.119. The minimum atomic E-state index is -3.77. The van der Waals surface area contributed by atoms with Gasteiger partial charge in [0.2, 0.25) is 10.0 Å². The molecule has 1 fully saturated rings. The second kappa shape index (κ2) is 8.18. The fourth-order valence-corrected chi connectivity index (χ4v) is 5.61. The molecule has 1 aliphatic rings. The number of nitro benzene ring substituents is 1. The molecule has 32 heavy (non-hydrogen) atoms. The molecule has 4 rings (SSSR count). The lowest BCUT2D eigenvalue weighted by atomic mass is 10.1. The zero-order valence-corrected chi connectivity index (χ0v) is 18.5. The Morgan fingerprint density at radius 2 is 1.84 bits per heavy atom. The topological polar surface area (TPSA) is 120 Å². The molecule has 10 heteroatoms. The molecule has 0 N–H and O–H groups in total. The van der Waals surface area contributed by atoms with Crippen molar-refractivity contribution in [1.82, 2.24) is 9.29 Å². The van der Waals surface area contributed by atoms with Gasteiger partial charge in [0.15, 0.2) is 0 Å². The zero-order valence-electron chi connectivity index (χ0n) is 17.6. The van der Waals surface area contributed by atoms with Crippen molar-refractivity contribution in [3.63, 3.8) is 0 Å². The number of rotatable bonds is 4. The van der Waals surface area contributed by atoms with E-state index in [1.54, 1.807) is 31.3 Å². The SMILES string of the molecule is Cc1cnc2c(S(=O)(=O)N3CCN(c4cc(C#N)cc([N+](=O)[O-])c4C)CC3)cccc2c1. The lowest BCUT2D eigenvalue weighted by molar-refractivity contribution is -0.385. The van der Waals surface area contributed by atoms with Crippen molar-refractivity contribution in [2.24, 2.45) is 0 Å². The van der Waals surface area contributed by atoms with Crippen molar-refractivity contribution in [3.8, 4) is 6.07 Å². The second-order valence-corrected chi connectivity index (χ2v) is 9.65. The molecule has 1 aliphatic heterocycles. The number of benzene rings is 2. The Morgan fingerprint density at radius 1 is 1.12 bits per heavy atom. The van der Waals surface area contributed by atoms with Crippen LogP contribution in [0.2, 0.25) is 0 Å². The number of hydrogen-bond donors (Lipinski definition) is 0. The quantitative estimate of drug-likeness (QED) is 0.441. The summed E-state index contributed by atoms with van der Waals surface area (Å²) in [5.41, 5.74) is 2.50. The van der Waals surface area contributed by atoms with E-state index in [9.17, 15) is 23.8 Å². The average Bonchev–Trinajstić information content (AvgIpc) is 2.78. The van der Waals surface area contributed by atoms with Crippen LogP contribution in [0.5, 0.6) is 0 Å². The van der Waals surface area contributed by atoms with Gasteiger partial charge in [-0.05, 0) is 37.6 Å². The van der Waals surface area contributed by atoms with Crippen LogP contribution < -0.4 is 4.90 Å². The number of aromatic nitrogens is 1. The van der Waals surface area contributed by atoms with Crippen molar-refractivity contribution >= 4 is 32.3 Å². The van der Waals surface area contributed by atoms with Crippen LogP contribution in [-0.2, 0) is 10.0 Å². The minimum Gasteiger partial charge on any atom is -0.368 e. The number of anilines is 1. The highest BCUT2D eigenvalue weighted by Gasteiger charge is 2.31. The first kappa shape index (κ1) is 21.7. The Kier molecular flexibility index (Phi) is 5.54. The van der Waals surface area contributed by atoms with Gasteiger partial charge in [0.05, 0.1) is 27.6 Å². The average molecular weight is 452 g/mol. The van der Waals surface area contributed by atoms with Gasteiger partial charge >= 0.3 is 0 Å². The summed E-state index contributed by atoms with van der Waals surface area (Å²) in [5, 5.41) is 21.4. The van der Waals surface area contributed by atoms with Crippen LogP contribution in [0.15, 0.2) is 47.5 Å². The zero-order chi connectivity index (χ0) is 23.0. The van der Waals surface area contributed by atoms with Crippen LogP contribution in [0.25, 0.3) is 10.9 Å². The molecule has 0 aliphatic carbocycles. The normalized spacial score (nSPS) is 15.0. The second-order valence-electron chi connectivity index (χ2n) is 7.74. The summed E-state index contributed by atoms with van der Waals surface area (Å²) in [7, 11) is -3.77. The van der Waals surface area contributed by atoms with Crippen molar-refractivity contribution in [3.05, 3.63) is 69.4 Å². The van der Waals surface area contributed by atoms with E-state index in [1.807, 2.05) is 30.0 Å². The molecule has 1 aromatic heterocycles. The summed E-state index contributed by atoms with van der Waals surface area (Å²) < 4.78 is 28.2. The third kappa shape index (κ3) is 3.77. The van der Waals surface area contributed by atoms with Crippen molar-refractivity contribution in [1.29, 1.82) is 5.26 Å². The molecule has 3 aromatic rings. The summed E-state index contributed by atoms with van der Waals surface area (Å²) in [6, 6.07) is 11.8. The van der Waals surface area contributed by atoms with E-state index in [4.69, 9.17) is 0 Å². The number of nitrogens with zero attached hydrogens (tertiary/aromatic N) is 5. The molecular formula is C22H21N5O4S. The lowest BCUT2D eigenvalue weighted by Crippen LogP contribution is -2.49. The number of aryl methyl sites for hydroxylation is 1. The highest BCUT2D eigenvalue weighted by molar-refractivity contribution is 7.89. The molecular weight excluding hydrogens is 430 g/mol. The van der Waals surface area contributed by atoms with Crippen molar-refractivity contribution in [2.75, 3.05) is 31.1 Å². The number of piperazine rings is 1. The van der Waals surface area contributed by atoms with Crippen LogP contribution in [0, 0.1) is 35.3 Å². The molecule has 0 saturated carbocycles. The Morgan fingerprint density at radius 3 is 2.50 bits per heavy atom. The van der Waals surface area contributed by atoms with E-state index >= 15 is 0 Å². The van der Waals surface area contributed by atoms with E-state index in [-0.39, 0.29) is 29.2 Å². The largest absolute Gasteiger partial charge is 0.368 e. The van der Waals surface area contributed by atoms with E-state index in [0.29, 0.717) is 29.9 Å². The molecule has 0 unspecified atom stereocenters. The molecule has 0 radical (unpaired) electrons. The monoisotopic (exact) mass is 451 g/mol. The summed E-state index contributed by atoms with van der Waals surface area (Å²) in [4.78, 5) is 17.3.